The van der Waals surface area contributed by atoms with E-state index < -0.39 is 0 Å². The van der Waals surface area contributed by atoms with Crippen LogP contribution in [0.3, 0.4) is 0 Å². The van der Waals surface area contributed by atoms with Crippen LogP contribution >= 0.6 is 0 Å². The third kappa shape index (κ3) is 1.48. The Bertz CT molecular complexity index is 1180. The molecule has 5 aromatic rings. The summed E-state index contributed by atoms with van der Waals surface area (Å²) in [5.41, 5.74) is 3.20. The van der Waals surface area contributed by atoms with Crippen molar-refractivity contribution in [1.82, 2.24) is 0 Å². The molecule has 1 aromatic heterocycles. The Hall–Kier alpha value is -2.80. The molecule has 0 spiro atoms. The van der Waals surface area contributed by atoms with E-state index >= 15 is 0 Å². The number of fused-ring (bicyclic) bond motifs is 7. The van der Waals surface area contributed by atoms with E-state index in [2.05, 4.69) is 61.5 Å². The van der Waals surface area contributed by atoms with Crippen LogP contribution in [0.2, 0.25) is 0 Å². The predicted octanol–water partition coefficient (Wildman–Crippen LogP) is 6.20. The van der Waals surface area contributed by atoms with Gasteiger partial charge in [-0.25, -0.2) is 0 Å². The molecule has 0 aliphatic heterocycles. The largest absolute Gasteiger partial charge is 0.456 e. The molecule has 5 rings (SSSR count). The van der Waals surface area contributed by atoms with E-state index in [0.717, 1.165) is 11.2 Å². The van der Waals surface area contributed by atoms with E-state index in [4.69, 9.17) is 4.42 Å². The Morgan fingerprint density at radius 1 is 0.636 bits per heavy atom. The number of para-hydroxylation sites is 1. The molecule has 0 bridgehead atoms. The minimum atomic E-state index is 0.953. The number of aryl methyl sites for hydroxylation is 1. The summed E-state index contributed by atoms with van der Waals surface area (Å²) in [4.78, 5) is 0. The monoisotopic (exact) mass is 282 g/mol. The minimum Gasteiger partial charge on any atom is -0.456 e. The zero-order chi connectivity index (χ0) is 14.7. The van der Waals surface area contributed by atoms with Gasteiger partial charge in [0.1, 0.15) is 11.2 Å². The Kier molecular flexibility index (Phi) is 2.21. The quantitative estimate of drug-likeness (QED) is 0.308. The second kappa shape index (κ2) is 4.11. The van der Waals surface area contributed by atoms with E-state index in [-0.39, 0.29) is 0 Å². The van der Waals surface area contributed by atoms with Crippen LogP contribution in [0.15, 0.2) is 71.1 Å². The van der Waals surface area contributed by atoms with Crippen LogP contribution in [0.25, 0.3) is 43.5 Å². The molecule has 1 heteroatoms. The maximum atomic E-state index is 5.99. The van der Waals surface area contributed by atoms with Crippen LogP contribution in [0.5, 0.6) is 0 Å². The zero-order valence-corrected chi connectivity index (χ0v) is 12.3. The van der Waals surface area contributed by atoms with Crippen molar-refractivity contribution in [1.29, 1.82) is 0 Å². The maximum absolute atomic E-state index is 5.99. The van der Waals surface area contributed by atoms with E-state index in [1.165, 1.54) is 37.9 Å². The van der Waals surface area contributed by atoms with Crippen LogP contribution in [-0.4, -0.2) is 0 Å². The van der Waals surface area contributed by atoms with Crippen LogP contribution in [0.1, 0.15) is 5.56 Å². The Morgan fingerprint density at radius 3 is 2.41 bits per heavy atom. The first kappa shape index (κ1) is 11.8. The second-order valence-corrected chi connectivity index (χ2v) is 5.92. The number of furan rings is 1. The van der Waals surface area contributed by atoms with Gasteiger partial charge < -0.3 is 4.42 Å². The first-order valence-electron chi connectivity index (χ1n) is 7.54. The first-order chi connectivity index (χ1) is 10.8. The summed E-state index contributed by atoms with van der Waals surface area (Å²) >= 11 is 0. The van der Waals surface area contributed by atoms with Gasteiger partial charge in [-0.3, -0.25) is 0 Å². The molecule has 22 heavy (non-hydrogen) atoms. The van der Waals surface area contributed by atoms with Gasteiger partial charge in [-0.15, -0.1) is 0 Å². The molecular formula is C21H14O. The average Bonchev–Trinajstić information content (AvgIpc) is 2.93. The average molecular weight is 282 g/mol. The van der Waals surface area contributed by atoms with Crippen molar-refractivity contribution in [3.05, 3.63) is 72.3 Å². The summed E-state index contributed by atoms with van der Waals surface area (Å²) in [5.74, 6) is 0. The van der Waals surface area contributed by atoms with Crippen LogP contribution in [0.4, 0.5) is 0 Å². The molecule has 4 aromatic carbocycles. The molecule has 0 saturated carbocycles. The summed E-state index contributed by atoms with van der Waals surface area (Å²) in [7, 11) is 0. The van der Waals surface area contributed by atoms with Gasteiger partial charge in [0.25, 0.3) is 0 Å². The fourth-order valence-corrected chi connectivity index (χ4v) is 3.49. The second-order valence-electron chi connectivity index (χ2n) is 5.92. The van der Waals surface area contributed by atoms with Crippen LogP contribution < -0.4 is 0 Å². The number of hydrogen-bond acceptors (Lipinski definition) is 1. The molecule has 0 saturated heterocycles. The molecular weight excluding hydrogens is 268 g/mol. The summed E-state index contributed by atoms with van der Waals surface area (Å²) in [5, 5.41) is 7.55. The van der Waals surface area contributed by atoms with Gasteiger partial charge in [-0.2, -0.15) is 0 Å². The zero-order valence-electron chi connectivity index (χ0n) is 12.3. The number of hydrogen-bond donors (Lipinski definition) is 0. The standard InChI is InChI=1S/C21H14O/c1-13-6-8-15-14(12-13)7-9-17-16(15)10-11-20-21(17)18-4-2-3-5-19(18)22-20/h2-12H,1H3. The fourth-order valence-electron chi connectivity index (χ4n) is 3.49. The third-order valence-corrected chi connectivity index (χ3v) is 4.51. The van der Waals surface area contributed by atoms with Crippen molar-refractivity contribution in [2.45, 2.75) is 6.92 Å². The molecule has 1 nitrogen and oxygen atoms in total. The molecule has 0 amide bonds. The Morgan fingerprint density at radius 2 is 1.45 bits per heavy atom. The summed E-state index contributed by atoms with van der Waals surface area (Å²) < 4.78 is 5.99. The van der Waals surface area contributed by atoms with Crippen molar-refractivity contribution >= 4 is 43.5 Å². The summed E-state index contributed by atoms with van der Waals surface area (Å²) in [6.07, 6.45) is 0. The molecule has 0 radical (unpaired) electrons. The molecule has 0 fully saturated rings. The van der Waals surface area contributed by atoms with Crippen molar-refractivity contribution in [2.75, 3.05) is 0 Å². The molecule has 0 unspecified atom stereocenters. The molecule has 0 atom stereocenters. The lowest BCUT2D eigenvalue weighted by atomic mass is 9.97. The maximum Gasteiger partial charge on any atom is 0.136 e. The molecule has 1 heterocycles. The van der Waals surface area contributed by atoms with Gasteiger partial charge in [0.05, 0.1) is 0 Å². The van der Waals surface area contributed by atoms with Crippen LogP contribution in [0, 0.1) is 6.92 Å². The highest BCUT2D eigenvalue weighted by Crippen LogP contribution is 2.37. The number of benzene rings is 4. The first-order valence-corrected chi connectivity index (χ1v) is 7.54. The van der Waals surface area contributed by atoms with Crippen molar-refractivity contribution in [3.8, 4) is 0 Å². The Balaban J connectivity index is 2.06. The van der Waals surface area contributed by atoms with Crippen LogP contribution in [-0.2, 0) is 0 Å². The molecule has 0 aliphatic carbocycles. The number of rotatable bonds is 0. The minimum absolute atomic E-state index is 0.953. The van der Waals surface area contributed by atoms with E-state index in [9.17, 15) is 0 Å². The lowest BCUT2D eigenvalue weighted by Crippen LogP contribution is -1.80. The lowest BCUT2D eigenvalue weighted by Gasteiger charge is -2.06. The lowest BCUT2D eigenvalue weighted by molar-refractivity contribution is 0.669. The smallest absolute Gasteiger partial charge is 0.136 e. The van der Waals surface area contributed by atoms with E-state index in [0.29, 0.717) is 0 Å². The van der Waals surface area contributed by atoms with Crippen molar-refractivity contribution in [2.24, 2.45) is 0 Å². The predicted molar refractivity (Wildman–Crippen MR) is 93.5 cm³/mol. The van der Waals surface area contributed by atoms with Gasteiger partial charge in [-0.1, -0.05) is 60.2 Å². The topological polar surface area (TPSA) is 13.1 Å². The molecule has 0 aliphatic rings. The normalized spacial score (nSPS) is 11.9. The summed E-state index contributed by atoms with van der Waals surface area (Å²) in [6.45, 7) is 2.14. The van der Waals surface area contributed by atoms with Gasteiger partial charge >= 0.3 is 0 Å². The molecule has 0 N–H and O–H groups in total. The fraction of sp³-hybridized carbons (Fsp3) is 0.0476. The third-order valence-electron chi connectivity index (χ3n) is 4.51. The highest BCUT2D eigenvalue weighted by molar-refractivity contribution is 6.23. The highest BCUT2D eigenvalue weighted by Gasteiger charge is 2.11. The van der Waals surface area contributed by atoms with Gasteiger partial charge in [0, 0.05) is 10.8 Å². The van der Waals surface area contributed by atoms with Gasteiger partial charge in [-0.05, 0) is 40.6 Å². The van der Waals surface area contributed by atoms with E-state index in [1.807, 2.05) is 12.1 Å². The van der Waals surface area contributed by atoms with Crippen molar-refractivity contribution < 1.29 is 4.42 Å². The Labute approximate surface area is 127 Å². The van der Waals surface area contributed by atoms with Gasteiger partial charge in [0.2, 0.25) is 0 Å². The van der Waals surface area contributed by atoms with Crippen molar-refractivity contribution in [3.63, 3.8) is 0 Å². The van der Waals surface area contributed by atoms with Gasteiger partial charge in [0.15, 0.2) is 0 Å². The molecule has 104 valence electrons. The highest BCUT2D eigenvalue weighted by atomic mass is 16.3. The summed E-state index contributed by atoms with van der Waals surface area (Å²) in [6, 6.07) is 23.6. The van der Waals surface area contributed by atoms with E-state index in [1.54, 1.807) is 0 Å². The SMILES string of the molecule is Cc1ccc2c(ccc3c2ccc2oc4ccccc4c23)c1.